The van der Waals surface area contributed by atoms with Crippen LogP contribution in [0.15, 0.2) is 18.2 Å². The largest absolute Gasteiger partial charge is 0.383 e. The van der Waals surface area contributed by atoms with Crippen LogP contribution in [0.2, 0.25) is 0 Å². The van der Waals surface area contributed by atoms with E-state index >= 15 is 0 Å². The van der Waals surface area contributed by atoms with Gasteiger partial charge in [0.1, 0.15) is 0 Å². The zero-order valence-electron chi connectivity index (χ0n) is 13.4. The summed E-state index contributed by atoms with van der Waals surface area (Å²) in [5.74, 6) is -0.177. The molecule has 22 heavy (non-hydrogen) atoms. The van der Waals surface area contributed by atoms with E-state index in [1.165, 1.54) is 4.90 Å². The van der Waals surface area contributed by atoms with Gasteiger partial charge >= 0.3 is 0 Å². The number of nitrogens with one attached hydrogen (secondary N) is 2. The van der Waals surface area contributed by atoms with Crippen LogP contribution in [-0.4, -0.2) is 57.6 Å². The number of anilines is 1. The van der Waals surface area contributed by atoms with E-state index in [-0.39, 0.29) is 30.8 Å². The van der Waals surface area contributed by atoms with Crippen molar-refractivity contribution in [1.29, 1.82) is 0 Å². The van der Waals surface area contributed by atoms with Crippen molar-refractivity contribution < 1.29 is 14.3 Å². The highest BCUT2D eigenvalue weighted by molar-refractivity contribution is 5.97. The molecule has 1 aromatic rings. The fraction of sp³-hybridized carbons (Fsp3) is 0.467. The molecular weight excluding hydrogens is 306 g/mol. The van der Waals surface area contributed by atoms with E-state index in [0.717, 1.165) is 5.56 Å². The first kappa shape index (κ1) is 20.4. The molecule has 0 saturated carbocycles. The van der Waals surface area contributed by atoms with Gasteiger partial charge in [0.25, 0.3) is 5.91 Å². The van der Waals surface area contributed by atoms with Crippen molar-refractivity contribution in [2.75, 3.05) is 46.2 Å². The highest BCUT2D eigenvalue weighted by Gasteiger charge is 2.11. The molecule has 0 aromatic heterocycles. The van der Waals surface area contributed by atoms with Crippen LogP contribution in [0.1, 0.15) is 15.9 Å². The Kier molecular flexibility index (Phi) is 9.40. The van der Waals surface area contributed by atoms with Crippen molar-refractivity contribution in [3.05, 3.63) is 29.3 Å². The Morgan fingerprint density at radius 2 is 1.95 bits per heavy atom. The number of hydrogen-bond acceptors (Lipinski definition) is 4. The number of rotatable bonds is 7. The molecule has 1 aromatic carbocycles. The van der Waals surface area contributed by atoms with Gasteiger partial charge in [-0.1, -0.05) is 0 Å². The SMILES string of the molecule is COCCNCC(=O)Nc1ccc(C(=O)N(C)C)c(C)c1.Cl. The first-order valence-electron chi connectivity index (χ1n) is 6.77. The highest BCUT2D eigenvalue weighted by Crippen LogP contribution is 2.16. The van der Waals surface area contributed by atoms with E-state index < -0.39 is 0 Å². The predicted molar refractivity (Wildman–Crippen MR) is 89.8 cm³/mol. The summed E-state index contributed by atoms with van der Waals surface area (Å²) < 4.78 is 4.88. The number of benzene rings is 1. The number of ether oxygens (including phenoxy) is 1. The lowest BCUT2D eigenvalue weighted by Gasteiger charge is -2.14. The summed E-state index contributed by atoms with van der Waals surface area (Å²) in [6.07, 6.45) is 0. The molecule has 2 N–H and O–H groups in total. The van der Waals surface area contributed by atoms with Gasteiger partial charge in [-0.3, -0.25) is 9.59 Å². The monoisotopic (exact) mass is 329 g/mol. The van der Waals surface area contributed by atoms with Crippen LogP contribution >= 0.6 is 12.4 Å². The minimum Gasteiger partial charge on any atom is -0.383 e. The van der Waals surface area contributed by atoms with Crippen molar-refractivity contribution in [3.63, 3.8) is 0 Å². The molecule has 0 saturated heterocycles. The lowest BCUT2D eigenvalue weighted by atomic mass is 10.1. The molecule has 0 spiro atoms. The first-order valence-corrected chi connectivity index (χ1v) is 6.77. The molecule has 0 atom stereocenters. The van der Waals surface area contributed by atoms with Gasteiger partial charge in [0.05, 0.1) is 13.2 Å². The number of carbonyl (C=O) groups is 2. The van der Waals surface area contributed by atoms with Crippen LogP contribution in [0.5, 0.6) is 0 Å². The van der Waals surface area contributed by atoms with E-state index in [9.17, 15) is 9.59 Å². The summed E-state index contributed by atoms with van der Waals surface area (Å²) in [6, 6.07) is 5.26. The molecular formula is C15H24ClN3O3. The van der Waals surface area contributed by atoms with Crippen LogP contribution in [-0.2, 0) is 9.53 Å². The van der Waals surface area contributed by atoms with E-state index in [1.54, 1.807) is 39.4 Å². The van der Waals surface area contributed by atoms with Crippen LogP contribution in [0.4, 0.5) is 5.69 Å². The Morgan fingerprint density at radius 1 is 1.27 bits per heavy atom. The summed E-state index contributed by atoms with van der Waals surface area (Å²) in [6.45, 7) is 3.26. The van der Waals surface area contributed by atoms with E-state index in [4.69, 9.17) is 4.74 Å². The van der Waals surface area contributed by atoms with Crippen molar-refractivity contribution in [1.82, 2.24) is 10.2 Å². The minimum absolute atomic E-state index is 0. The average Bonchev–Trinajstić information content (AvgIpc) is 2.43. The maximum absolute atomic E-state index is 11.9. The maximum atomic E-state index is 11.9. The molecule has 0 fully saturated rings. The minimum atomic E-state index is -0.128. The van der Waals surface area contributed by atoms with Gasteiger partial charge in [-0.15, -0.1) is 12.4 Å². The lowest BCUT2D eigenvalue weighted by molar-refractivity contribution is -0.115. The molecule has 0 aliphatic heterocycles. The molecule has 0 unspecified atom stereocenters. The Labute approximate surface area is 137 Å². The van der Waals surface area contributed by atoms with Crippen LogP contribution in [0.3, 0.4) is 0 Å². The second-order valence-electron chi connectivity index (χ2n) is 4.95. The summed E-state index contributed by atoms with van der Waals surface area (Å²) in [5, 5.41) is 5.76. The summed E-state index contributed by atoms with van der Waals surface area (Å²) in [4.78, 5) is 25.2. The first-order chi connectivity index (χ1) is 9.95. The van der Waals surface area contributed by atoms with Crippen molar-refractivity contribution >= 4 is 29.9 Å². The van der Waals surface area contributed by atoms with Crippen LogP contribution in [0.25, 0.3) is 0 Å². The van der Waals surface area contributed by atoms with Gasteiger partial charge in [0, 0.05) is 39.0 Å². The topological polar surface area (TPSA) is 70.7 Å². The number of methoxy groups -OCH3 is 1. The summed E-state index contributed by atoms with van der Waals surface area (Å²) in [7, 11) is 5.04. The van der Waals surface area contributed by atoms with Crippen LogP contribution in [0, 0.1) is 6.92 Å². The number of amides is 2. The Morgan fingerprint density at radius 3 is 2.50 bits per heavy atom. The third-order valence-electron chi connectivity index (χ3n) is 2.92. The smallest absolute Gasteiger partial charge is 0.253 e. The molecule has 0 aliphatic carbocycles. The molecule has 0 radical (unpaired) electrons. The summed E-state index contributed by atoms with van der Waals surface area (Å²) in [5.41, 5.74) is 2.15. The third-order valence-corrected chi connectivity index (χ3v) is 2.92. The van der Waals surface area contributed by atoms with E-state index in [1.807, 2.05) is 6.92 Å². The van der Waals surface area contributed by atoms with Gasteiger partial charge in [0.2, 0.25) is 5.91 Å². The van der Waals surface area contributed by atoms with E-state index in [0.29, 0.717) is 24.4 Å². The number of carbonyl (C=O) groups excluding carboxylic acids is 2. The van der Waals surface area contributed by atoms with Gasteiger partial charge < -0.3 is 20.3 Å². The molecule has 7 heteroatoms. The van der Waals surface area contributed by atoms with Crippen molar-refractivity contribution in [2.24, 2.45) is 0 Å². The number of halogens is 1. The molecule has 1 rings (SSSR count). The van der Waals surface area contributed by atoms with Crippen molar-refractivity contribution in [2.45, 2.75) is 6.92 Å². The Balaban J connectivity index is 0.00000441. The molecule has 6 nitrogen and oxygen atoms in total. The Hall–Kier alpha value is -1.63. The number of aryl methyl sites for hydroxylation is 1. The fourth-order valence-electron chi connectivity index (χ4n) is 1.80. The highest BCUT2D eigenvalue weighted by atomic mass is 35.5. The average molecular weight is 330 g/mol. The predicted octanol–water partition coefficient (Wildman–Crippen LogP) is 1.29. The number of hydrogen-bond donors (Lipinski definition) is 2. The Bertz CT molecular complexity index is 507. The normalized spacial score (nSPS) is 9.82. The summed E-state index contributed by atoms with van der Waals surface area (Å²) >= 11 is 0. The lowest BCUT2D eigenvalue weighted by Crippen LogP contribution is -2.30. The number of nitrogens with zero attached hydrogens (tertiary/aromatic N) is 1. The van der Waals surface area contributed by atoms with Gasteiger partial charge in [-0.05, 0) is 30.7 Å². The maximum Gasteiger partial charge on any atom is 0.253 e. The second kappa shape index (κ2) is 10.2. The van der Waals surface area contributed by atoms with Crippen molar-refractivity contribution in [3.8, 4) is 0 Å². The molecule has 0 heterocycles. The third kappa shape index (κ3) is 6.43. The molecule has 2 amide bonds. The molecule has 0 aliphatic rings. The zero-order chi connectivity index (χ0) is 15.8. The van der Waals surface area contributed by atoms with Gasteiger partial charge in [-0.2, -0.15) is 0 Å². The zero-order valence-corrected chi connectivity index (χ0v) is 14.3. The molecule has 0 bridgehead atoms. The van der Waals surface area contributed by atoms with Gasteiger partial charge in [0.15, 0.2) is 0 Å². The quantitative estimate of drug-likeness (QED) is 0.740. The molecule has 124 valence electrons. The standard InChI is InChI=1S/C15H23N3O3.ClH/c1-11-9-12(5-6-13(11)15(20)18(2)3)17-14(19)10-16-7-8-21-4;/h5-6,9,16H,7-8,10H2,1-4H3,(H,17,19);1H. The van der Waals surface area contributed by atoms with Gasteiger partial charge in [-0.25, -0.2) is 0 Å². The second-order valence-corrected chi connectivity index (χ2v) is 4.95. The van der Waals surface area contributed by atoms with E-state index in [2.05, 4.69) is 10.6 Å². The fourth-order valence-corrected chi connectivity index (χ4v) is 1.80. The van der Waals surface area contributed by atoms with Crippen LogP contribution < -0.4 is 10.6 Å².